The van der Waals surface area contributed by atoms with Crippen LogP contribution in [-0.2, 0) is 0 Å². The van der Waals surface area contributed by atoms with Crippen LogP contribution in [0.25, 0.3) is 0 Å². The van der Waals surface area contributed by atoms with Gasteiger partial charge in [0.2, 0.25) is 0 Å². The summed E-state index contributed by atoms with van der Waals surface area (Å²) in [5, 5.41) is 12.7. The van der Waals surface area contributed by atoms with Gasteiger partial charge in [0.05, 0.1) is 5.11 Å². The fourth-order valence-electron chi connectivity index (χ4n) is 1.43. The maximum Gasteiger partial charge on any atom is 0.537 e. The number of aromatic nitrogens is 2. The van der Waals surface area contributed by atoms with Crippen LogP contribution < -0.4 is 4.68 Å². The third-order valence-electron chi connectivity index (χ3n) is 2.25. The zero-order chi connectivity index (χ0) is 12.5. The van der Waals surface area contributed by atoms with Gasteiger partial charge in [0.25, 0.3) is 0 Å². The number of benzene rings is 1. The number of rotatable bonds is 2. The fourth-order valence-corrected chi connectivity index (χ4v) is 2.33. The van der Waals surface area contributed by atoms with Crippen molar-refractivity contribution >= 4 is 35.2 Å². The SMILES string of the molecule is O=C1N=Nc2ccc(Sc3ccc(Cl)cc3)n[n+]21. The summed E-state index contributed by atoms with van der Waals surface area (Å²) in [6.45, 7) is 0. The van der Waals surface area contributed by atoms with Gasteiger partial charge in [-0.1, -0.05) is 33.1 Å². The molecule has 0 unspecified atom stereocenters. The molecule has 0 bridgehead atoms. The summed E-state index contributed by atoms with van der Waals surface area (Å²) in [6.07, 6.45) is 0. The number of carbonyl (C=O) groups is 1. The molecule has 0 radical (unpaired) electrons. The van der Waals surface area contributed by atoms with Gasteiger partial charge in [-0.2, -0.15) is 0 Å². The lowest BCUT2D eigenvalue weighted by molar-refractivity contribution is -0.620. The lowest BCUT2D eigenvalue weighted by Crippen LogP contribution is -2.41. The molecule has 0 fully saturated rings. The van der Waals surface area contributed by atoms with Gasteiger partial charge < -0.3 is 0 Å². The Balaban J connectivity index is 1.88. The predicted molar refractivity (Wildman–Crippen MR) is 65.3 cm³/mol. The molecule has 18 heavy (non-hydrogen) atoms. The van der Waals surface area contributed by atoms with E-state index in [0.717, 1.165) is 4.90 Å². The van der Waals surface area contributed by atoms with E-state index in [-0.39, 0.29) is 0 Å². The van der Waals surface area contributed by atoms with Crippen molar-refractivity contribution in [2.75, 3.05) is 0 Å². The molecule has 0 aliphatic carbocycles. The number of azo groups is 1. The predicted octanol–water partition coefficient (Wildman–Crippen LogP) is 3.24. The van der Waals surface area contributed by atoms with Crippen LogP contribution in [0.15, 0.2) is 56.5 Å². The lowest BCUT2D eigenvalue weighted by atomic mass is 10.4. The molecule has 0 spiro atoms. The molecule has 1 aliphatic heterocycles. The first-order chi connectivity index (χ1) is 8.72. The minimum absolute atomic E-state index is 0.445. The van der Waals surface area contributed by atoms with E-state index in [4.69, 9.17) is 11.6 Å². The molecule has 3 rings (SSSR count). The zero-order valence-corrected chi connectivity index (χ0v) is 10.5. The van der Waals surface area contributed by atoms with Gasteiger partial charge in [-0.3, -0.25) is 0 Å². The number of nitrogens with zero attached hydrogens (tertiary/aromatic N) is 4. The highest BCUT2D eigenvalue weighted by Gasteiger charge is 2.29. The van der Waals surface area contributed by atoms with Gasteiger partial charge in [-0.05, 0) is 30.3 Å². The second-order valence-electron chi connectivity index (χ2n) is 3.48. The van der Waals surface area contributed by atoms with Crippen molar-refractivity contribution in [3.63, 3.8) is 0 Å². The molecular formula is C11H6ClN4OS+. The smallest absolute Gasteiger partial charge is 0.203 e. The minimum atomic E-state index is -0.469. The molecule has 0 saturated carbocycles. The topological polar surface area (TPSA) is 58.6 Å². The molecule has 0 atom stereocenters. The van der Waals surface area contributed by atoms with Crippen LogP contribution in [0.5, 0.6) is 0 Å². The number of hydrogen-bond acceptors (Lipinski definition) is 4. The van der Waals surface area contributed by atoms with Gasteiger partial charge in [0.15, 0.2) is 0 Å². The van der Waals surface area contributed by atoms with E-state index in [1.165, 1.54) is 16.4 Å². The first-order valence-electron chi connectivity index (χ1n) is 5.05. The Hall–Kier alpha value is -1.79. The number of hydrogen-bond donors (Lipinski definition) is 0. The highest BCUT2D eigenvalue weighted by molar-refractivity contribution is 7.99. The highest BCUT2D eigenvalue weighted by Crippen LogP contribution is 2.27. The maximum atomic E-state index is 11.3. The molecule has 1 amide bonds. The van der Waals surface area contributed by atoms with Crippen molar-refractivity contribution in [3.8, 4) is 0 Å². The van der Waals surface area contributed by atoms with Crippen molar-refractivity contribution in [2.24, 2.45) is 10.2 Å². The minimum Gasteiger partial charge on any atom is -0.203 e. The Labute approximate surface area is 112 Å². The Bertz CT molecular complexity index is 657. The zero-order valence-electron chi connectivity index (χ0n) is 8.95. The van der Waals surface area contributed by atoms with Crippen molar-refractivity contribution in [1.82, 2.24) is 5.10 Å². The quantitative estimate of drug-likeness (QED) is 0.792. The fraction of sp³-hybridized carbons (Fsp3) is 0. The number of carbonyl (C=O) groups excluding carboxylic acids is 1. The van der Waals surface area contributed by atoms with E-state index in [2.05, 4.69) is 15.3 Å². The third kappa shape index (κ3) is 2.12. The average Bonchev–Trinajstić information content (AvgIpc) is 2.74. The highest BCUT2D eigenvalue weighted by atomic mass is 35.5. The van der Waals surface area contributed by atoms with Crippen molar-refractivity contribution in [3.05, 3.63) is 41.4 Å². The number of fused-ring (bicyclic) bond motifs is 1. The second-order valence-corrected chi connectivity index (χ2v) is 5.01. The molecule has 7 heteroatoms. The molecule has 5 nitrogen and oxygen atoms in total. The monoisotopic (exact) mass is 277 g/mol. The normalized spacial score (nSPS) is 12.8. The van der Waals surface area contributed by atoms with Gasteiger partial charge in [-0.15, -0.1) is 0 Å². The van der Waals surface area contributed by atoms with Gasteiger partial charge >= 0.3 is 11.8 Å². The van der Waals surface area contributed by atoms with Crippen LogP contribution in [0.3, 0.4) is 0 Å². The van der Waals surface area contributed by atoms with Gasteiger partial charge in [-0.25, -0.2) is 4.79 Å². The summed E-state index contributed by atoms with van der Waals surface area (Å²) < 4.78 is 1.18. The maximum absolute atomic E-state index is 11.3. The van der Waals surface area contributed by atoms with E-state index in [0.29, 0.717) is 15.9 Å². The molecule has 1 aromatic carbocycles. The van der Waals surface area contributed by atoms with E-state index < -0.39 is 6.03 Å². The van der Waals surface area contributed by atoms with E-state index in [9.17, 15) is 4.79 Å². The van der Waals surface area contributed by atoms with Crippen LogP contribution in [-0.4, -0.2) is 11.1 Å². The lowest BCUT2D eigenvalue weighted by Gasteiger charge is -2.00. The van der Waals surface area contributed by atoms with Crippen molar-refractivity contribution in [1.29, 1.82) is 0 Å². The molecule has 2 aromatic rings. The van der Waals surface area contributed by atoms with E-state index in [1.54, 1.807) is 24.3 Å². The summed E-state index contributed by atoms with van der Waals surface area (Å²) in [7, 11) is 0. The summed E-state index contributed by atoms with van der Waals surface area (Å²) in [5.74, 6) is 0.445. The molecular weight excluding hydrogens is 272 g/mol. The summed E-state index contributed by atoms with van der Waals surface area (Å²) >= 11 is 7.25. The summed E-state index contributed by atoms with van der Waals surface area (Å²) in [6, 6.07) is 10.4. The Morgan fingerprint density at radius 3 is 2.61 bits per heavy atom. The molecule has 1 aliphatic rings. The van der Waals surface area contributed by atoms with Crippen LogP contribution in [0, 0.1) is 0 Å². The molecule has 88 valence electrons. The molecule has 0 saturated heterocycles. The second kappa shape index (κ2) is 4.47. The van der Waals surface area contributed by atoms with Crippen molar-refractivity contribution in [2.45, 2.75) is 9.92 Å². The van der Waals surface area contributed by atoms with Crippen LogP contribution >= 0.6 is 23.4 Å². The van der Waals surface area contributed by atoms with Crippen LogP contribution in [0.4, 0.5) is 10.6 Å². The first-order valence-corrected chi connectivity index (χ1v) is 6.25. The van der Waals surface area contributed by atoms with Crippen LogP contribution in [0.1, 0.15) is 0 Å². The number of amides is 1. The largest absolute Gasteiger partial charge is 0.537 e. The molecule has 0 N–H and O–H groups in total. The van der Waals surface area contributed by atoms with E-state index in [1.807, 2.05) is 12.1 Å². The standard InChI is InChI=1S/C11H6ClN4OS/c12-7-1-3-8(4-2-7)18-10-6-5-9-13-14-11(17)16(9)15-10/h1-6H/q+1. The van der Waals surface area contributed by atoms with Gasteiger partial charge in [0.1, 0.15) is 10.1 Å². The molecule has 1 aromatic heterocycles. The third-order valence-corrected chi connectivity index (χ3v) is 3.43. The Morgan fingerprint density at radius 2 is 1.83 bits per heavy atom. The van der Waals surface area contributed by atoms with Crippen LogP contribution in [0.2, 0.25) is 5.02 Å². The number of halogens is 1. The molecule has 2 heterocycles. The first kappa shape index (κ1) is 11.3. The van der Waals surface area contributed by atoms with E-state index >= 15 is 0 Å². The Kier molecular flexibility index (Phi) is 2.81. The summed E-state index contributed by atoms with van der Waals surface area (Å²) in [4.78, 5) is 12.3. The Morgan fingerprint density at radius 1 is 1.06 bits per heavy atom. The van der Waals surface area contributed by atoms with Gasteiger partial charge in [0, 0.05) is 16.0 Å². The average molecular weight is 278 g/mol. The van der Waals surface area contributed by atoms with Crippen molar-refractivity contribution < 1.29 is 9.48 Å². The summed E-state index contributed by atoms with van der Waals surface area (Å²) in [5.41, 5.74) is 0.